The van der Waals surface area contributed by atoms with E-state index in [4.69, 9.17) is 15.7 Å². The van der Waals surface area contributed by atoms with Crippen LogP contribution in [0.4, 0.5) is 11.9 Å². The number of hydrogen-bond acceptors (Lipinski definition) is 8. The smallest absolute Gasteiger partial charge is 0.208 e. The predicted octanol–water partition coefficient (Wildman–Crippen LogP) is 9.58. The van der Waals surface area contributed by atoms with E-state index in [0.29, 0.717) is 24.7 Å². The third-order valence-electron chi connectivity index (χ3n) is 11.1. The number of rotatable bonds is 14. The summed E-state index contributed by atoms with van der Waals surface area (Å²) in [6, 6.07) is 12.8. The van der Waals surface area contributed by atoms with E-state index in [1.165, 1.54) is 11.1 Å². The Bertz CT molecular complexity index is 2670. The van der Waals surface area contributed by atoms with Crippen molar-refractivity contribution < 1.29 is 0 Å². The van der Waals surface area contributed by atoms with Crippen LogP contribution in [0.25, 0.3) is 44.9 Å². The van der Waals surface area contributed by atoms with Crippen LogP contribution >= 0.6 is 0 Å². The van der Waals surface area contributed by atoms with Gasteiger partial charge in [0, 0.05) is 44.1 Å². The highest BCUT2D eigenvalue weighted by molar-refractivity contribution is 5.89. The molecule has 0 radical (unpaired) electrons. The van der Waals surface area contributed by atoms with Gasteiger partial charge in [-0.25, -0.2) is 9.97 Å². The lowest BCUT2D eigenvalue weighted by Crippen LogP contribution is -2.13. The monoisotopic (exact) mass is 805 g/mol. The molecule has 6 aromatic rings. The number of benzene rings is 2. The zero-order valence-electron chi connectivity index (χ0n) is 36.1. The number of hydrogen-bond donors (Lipinski definition) is 4. The third-order valence-corrected chi connectivity index (χ3v) is 11.1. The van der Waals surface area contributed by atoms with Gasteiger partial charge in [0.05, 0.1) is 56.2 Å². The molecule has 4 aromatic heterocycles. The molecule has 0 amide bonds. The van der Waals surface area contributed by atoms with Crippen molar-refractivity contribution in [3.8, 4) is 0 Å². The van der Waals surface area contributed by atoms with Crippen LogP contribution in [0.3, 0.4) is 0 Å². The molecule has 0 spiro atoms. The summed E-state index contributed by atoms with van der Waals surface area (Å²) in [5.74, 6) is 1.42. The fourth-order valence-electron chi connectivity index (χ4n) is 8.15. The molecule has 0 saturated heterocycles. The second-order valence-corrected chi connectivity index (χ2v) is 15.9. The SMILES string of the molecule is C=C(C)CCNC(=C)c1cc2c3c(c1)nc(NC(=C)c1cc(C)nn1CC)n3C/C=C/Cn1c(NC(=C)c3cc(C)nn3CC)nc3cc(C(=C)N)cc(c31)CCCCC2. The molecule has 1 aliphatic heterocycles. The van der Waals surface area contributed by atoms with Gasteiger partial charge in [0.2, 0.25) is 11.9 Å². The van der Waals surface area contributed by atoms with Crippen molar-refractivity contribution in [3.05, 3.63) is 132 Å². The Balaban J connectivity index is 1.31. The minimum absolute atomic E-state index is 0.524. The second kappa shape index (κ2) is 17.7. The lowest BCUT2D eigenvalue weighted by molar-refractivity contribution is 0.645. The first-order chi connectivity index (χ1) is 28.8. The van der Waals surface area contributed by atoms with Gasteiger partial charge in [0.15, 0.2) is 0 Å². The number of anilines is 2. The van der Waals surface area contributed by atoms with Gasteiger partial charge in [-0.05, 0) is 125 Å². The van der Waals surface area contributed by atoms with E-state index in [2.05, 4.69) is 131 Å². The number of nitrogens with zero attached hydrogens (tertiary/aromatic N) is 8. The molecule has 5 N–H and O–H groups in total. The summed E-state index contributed by atoms with van der Waals surface area (Å²) in [5, 5.41) is 20.0. The van der Waals surface area contributed by atoms with Crippen molar-refractivity contribution in [1.82, 2.24) is 44.0 Å². The molecule has 312 valence electrons. The standard InChI is InChI=1S/C48H60N12/c1-11-59-43(24-31(5)55-59)35(9)51-47-53-41-28-39(33(7)49)26-37-18-14-13-15-19-38-27-40(34(8)50-21-20-30(3)4)29-42-46(38)58(23-17-16-22-57(47)45(37)41)48(54-42)52-36(10)44-25-32(6)56-60(44)12-2/h16-17,24-29,50H,3,7-15,18-23,49H2,1-2,4-6H3,(H,51,53)(H,52,54)/b17-16+. The van der Waals surface area contributed by atoms with E-state index in [9.17, 15) is 0 Å². The second-order valence-electron chi connectivity index (χ2n) is 15.9. The number of aromatic nitrogens is 8. The summed E-state index contributed by atoms with van der Waals surface area (Å²) >= 11 is 0. The van der Waals surface area contributed by atoms with Gasteiger partial charge in [-0.1, -0.05) is 50.5 Å². The molecule has 12 nitrogen and oxygen atoms in total. The van der Waals surface area contributed by atoms with Crippen molar-refractivity contribution in [2.45, 2.75) is 99.3 Å². The Morgan fingerprint density at radius 1 is 0.667 bits per heavy atom. The fourth-order valence-corrected chi connectivity index (χ4v) is 8.15. The topological polar surface area (TPSA) is 133 Å². The Labute approximate surface area is 354 Å². The molecule has 1 aliphatic rings. The van der Waals surface area contributed by atoms with Crippen LogP contribution in [0, 0.1) is 13.8 Å². The van der Waals surface area contributed by atoms with Gasteiger partial charge < -0.3 is 30.8 Å². The van der Waals surface area contributed by atoms with Crippen LogP contribution in [0.15, 0.2) is 87.0 Å². The Morgan fingerprint density at radius 3 is 1.62 bits per heavy atom. The molecule has 0 atom stereocenters. The average Bonchev–Trinajstić information content (AvgIpc) is 3.97. The zero-order valence-corrected chi connectivity index (χ0v) is 36.1. The van der Waals surface area contributed by atoms with E-state index in [1.54, 1.807) is 0 Å². The number of aryl methyl sites for hydroxylation is 6. The van der Waals surface area contributed by atoms with Gasteiger partial charge in [0.1, 0.15) is 0 Å². The minimum Gasteiger partial charge on any atom is -0.399 e. The molecule has 0 bridgehead atoms. The molecular weight excluding hydrogens is 745 g/mol. The average molecular weight is 805 g/mol. The zero-order chi connectivity index (χ0) is 42.7. The number of nitrogens with one attached hydrogen (secondary N) is 3. The number of allylic oxidation sites excluding steroid dienone is 2. The van der Waals surface area contributed by atoms with Crippen LogP contribution in [-0.4, -0.2) is 45.2 Å². The van der Waals surface area contributed by atoms with Crippen molar-refractivity contribution >= 4 is 56.8 Å². The van der Waals surface area contributed by atoms with Crippen molar-refractivity contribution in [2.75, 3.05) is 17.2 Å². The predicted molar refractivity (Wildman–Crippen MR) is 250 cm³/mol. The Morgan fingerprint density at radius 2 is 1.15 bits per heavy atom. The van der Waals surface area contributed by atoms with Crippen molar-refractivity contribution in [3.63, 3.8) is 0 Å². The largest absolute Gasteiger partial charge is 0.399 e. The first-order valence-corrected chi connectivity index (χ1v) is 21.1. The molecule has 2 aromatic carbocycles. The Kier molecular flexibility index (Phi) is 12.3. The minimum atomic E-state index is 0.524. The summed E-state index contributed by atoms with van der Waals surface area (Å²) in [4.78, 5) is 10.4. The summed E-state index contributed by atoms with van der Waals surface area (Å²) in [6.07, 6.45) is 10.1. The van der Waals surface area contributed by atoms with Gasteiger partial charge in [-0.15, -0.1) is 6.58 Å². The first kappa shape index (κ1) is 41.6. The highest BCUT2D eigenvalue weighted by Gasteiger charge is 2.21. The van der Waals surface area contributed by atoms with Crippen molar-refractivity contribution in [1.29, 1.82) is 0 Å². The third kappa shape index (κ3) is 8.73. The molecule has 5 heterocycles. The highest BCUT2D eigenvalue weighted by atomic mass is 15.3. The number of imidazole rings is 2. The van der Waals surface area contributed by atoms with Crippen LogP contribution < -0.4 is 21.7 Å². The van der Waals surface area contributed by atoms with E-state index in [0.717, 1.165) is 143 Å². The van der Waals surface area contributed by atoms with Crippen LogP contribution in [-0.2, 0) is 39.0 Å². The van der Waals surface area contributed by atoms with Gasteiger partial charge in [-0.3, -0.25) is 9.36 Å². The Hall–Kier alpha value is -6.56. The molecular formula is C48H60N12. The normalized spacial score (nSPS) is 13.8. The summed E-state index contributed by atoms with van der Waals surface area (Å²) < 4.78 is 8.45. The van der Waals surface area contributed by atoms with E-state index in [1.807, 2.05) is 29.3 Å². The van der Waals surface area contributed by atoms with Gasteiger partial charge in [0.25, 0.3) is 0 Å². The maximum Gasteiger partial charge on any atom is 0.208 e. The molecule has 0 fully saturated rings. The van der Waals surface area contributed by atoms with E-state index >= 15 is 0 Å². The molecule has 0 saturated carbocycles. The van der Waals surface area contributed by atoms with Crippen molar-refractivity contribution in [2.24, 2.45) is 5.73 Å². The molecule has 60 heavy (non-hydrogen) atoms. The maximum absolute atomic E-state index is 6.32. The van der Waals surface area contributed by atoms with E-state index < -0.39 is 0 Å². The quantitative estimate of drug-likeness (QED) is 0.0801. The maximum atomic E-state index is 6.32. The summed E-state index contributed by atoms with van der Waals surface area (Å²) in [5.41, 5.74) is 22.4. The van der Waals surface area contributed by atoms with E-state index in [-0.39, 0.29) is 0 Å². The van der Waals surface area contributed by atoms with Crippen LogP contribution in [0.2, 0.25) is 0 Å². The highest BCUT2D eigenvalue weighted by Crippen LogP contribution is 2.33. The lowest BCUT2D eigenvalue weighted by atomic mass is 9.98. The van der Waals surface area contributed by atoms with Crippen LogP contribution in [0.5, 0.6) is 0 Å². The van der Waals surface area contributed by atoms with Gasteiger partial charge in [-0.2, -0.15) is 10.2 Å². The van der Waals surface area contributed by atoms with Gasteiger partial charge >= 0.3 is 0 Å². The molecule has 12 heteroatoms. The van der Waals surface area contributed by atoms with Crippen LogP contribution in [0.1, 0.15) is 91.5 Å². The first-order valence-electron chi connectivity index (χ1n) is 21.1. The molecule has 7 rings (SSSR count). The summed E-state index contributed by atoms with van der Waals surface area (Å²) in [6.45, 7) is 35.1. The summed E-state index contributed by atoms with van der Waals surface area (Å²) in [7, 11) is 0. The fraction of sp³-hybridized carbons (Fsp3) is 0.333. The number of nitrogens with two attached hydrogens (primary N) is 1. The lowest BCUT2D eigenvalue weighted by Gasteiger charge is -2.15. The molecule has 0 aliphatic carbocycles. The molecule has 0 unspecified atom stereocenters.